The van der Waals surface area contributed by atoms with Crippen molar-refractivity contribution >= 4 is 11.6 Å². The van der Waals surface area contributed by atoms with Crippen LogP contribution in [0.2, 0.25) is 0 Å². The summed E-state index contributed by atoms with van der Waals surface area (Å²) >= 11 is 0. The second-order valence-corrected chi connectivity index (χ2v) is 6.50. The van der Waals surface area contributed by atoms with Gasteiger partial charge in [0, 0.05) is 5.56 Å². The number of benzene rings is 3. The Bertz CT molecular complexity index is 986. The third-order valence-electron chi connectivity index (χ3n) is 4.65. The first-order valence-electron chi connectivity index (χ1n) is 8.75. The molecule has 1 aliphatic rings. The van der Waals surface area contributed by atoms with Crippen molar-refractivity contribution < 1.29 is 13.9 Å². The quantitative estimate of drug-likeness (QED) is 0.715. The van der Waals surface area contributed by atoms with Gasteiger partial charge < -0.3 is 15.4 Å². The van der Waals surface area contributed by atoms with E-state index in [4.69, 9.17) is 4.74 Å². The van der Waals surface area contributed by atoms with Gasteiger partial charge in [0.2, 0.25) is 0 Å². The molecule has 0 unspecified atom stereocenters. The zero-order valence-corrected chi connectivity index (χ0v) is 14.8. The van der Waals surface area contributed by atoms with E-state index >= 15 is 0 Å². The molecule has 1 atom stereocenters. The van der Waals surface area contributed by atoms with Crippen molar-refractivity contribution in [1.29, 1.82) is 0 Å². The second kappa shape index (κ2) is 7.11. The standard InChI is InChI=1S/C22H19FN2O2/c1-14-5-4-7-18-20(14)24-21(25-22(18)26)15-9-11-17(12-10-15)27-13-16-6-2-3-8-19(16)23/h2-12,21,24H,13H2,1H3,(H,25,26)/t21-/m1/s1. The average molecular weight is 362 g/mol. The van der Waals surface area contributed by atoms with E-state index in [1.807, 2.05) is 43.3 Å². The number of carbonyl (C=O) groups excluding carboxylic acids is 1. The highest BCUT2D eigenvalue weighted by atomic mass is 19.1. The molecule has 0 spiro atoms. The number of rotatable bonds is 4. The van der Waals surface area contributed by atoms with Gasteiger partial charge in [-0.05, 0) is 42.3 Å². The molecule has 0 fully saturated rings. The molecule has 5 heteroatoms. The molecule has 1 heterocycles. The number of aryl methyl sites for hydroxylation is 1. The molecule has 3 aromatic rings. The Morgan fingerprint density at radius 1 is 0.963 bits per heavy atom. The molecule has 0 bridgehead atoms. The average Bonchev–Trinajstić information content (AvgIpc) is 2.68. The topological polar surface area (TPSA) is 50.4 Å². The van der Waals surface area contributed by atoms with Crippen LogP contribution in [0.25, 0.3) is 0 Å². The minimum Gasteiger partial charge on any atom is -0.489 e. The van der Waals surface area contributed by atoms with E-state index in [0.717, 1.165) is 16.8 Å². The number of para-hydroxylation sites is 1. The van der Waals surface area contributed by atoms with E-state index in [1.54, 1.807) is 24.3 Å². The third-order valence-corrected chi connectivity index (χ3v) is 4.65. The zero-order chi connectivity index (χ0) is 18.8. The van der Waals surface area contributed by atoms with Crippen LogP contribution in [0.4, 0.5) is 10.1 Å². The SMILES string of the molecule is Cc1cccc2c1N[C@@H](c1ccc(OCc3ccccc3F)cc1)NC2=O. The lowest BCUT2D eigenvalue weighted by Gasteiger charge is -2.29. The number of hydrogen-bond donors (Lipinski definition) is 2. The van der Waals surface area contributed by atoms with E-state index in [1.165, 1.54) is 6.07 Å². The summed E-state index contributed by atoms with van der Waals surface area (Å²) in [5, 5.41) is 6.33. The Morgan fingerprint density at radius 2 is 1.74 bits per heavy atom. The van der Waals surface area contributed by atoms with Crippen molar-refractivity contribution in [2.45, 2.75) is 19.7 Å². The number of carbonyl (C=O) groups is 1. The Labute approximate surface area is 157 Å². The highest BCUT2D eigenvalue weighted by Gasteiger charge is 2.25. The van der Waals surface area contributed by atoms with Crippen molar-refractivity contribution in [1.82, 2.24) is 5.32 Å². The Hall–Kier alpha value is -3.34. The molecule has 4 rings (SSSR count). The van der Waals surface area contributed by atoms with E-state index < -0.39 is 0 Å². The Kier molecular flexibility index (Phi) is 4.50. The number of hydrogen-bond acceptors (Lipinski definition) is 3. The smallest absolute Gasteiger partial charge is 0.255 e. The second-order valence-electron chi connectivity index (χ2n) is 6.50. The summed E-state index contributed by atoms with van der Waals surface area (Å²) in [6.07, 6.45) is -0.313. The Balaban J connectivity index is 1.47. The summed E-state index contributed by atoms with van der Waals surface area (Å²) in [7, 11) is 0. The van der Waals surface area contributed by atoms with Gasteiger partial charge in [0.15, 0.2) is 0 Å². The van der Waals surface area contributed by atoms with Crippen LogP contribution in [0.1, 0.15) is 33.2 Å². The van der Waals surface area contributed by atoms with Crippen molar-refractivity contribution in [3.8, 4) is 5.75 Å². The van der Waals surface area contributed by atoms with Gasteiger partial charge in [-0.15, -0.1) is 0 Å². The first-order valence-corrected chi connectivity index (χ1v) is 8.75. The number of ether oxygens (including phenoxy) is 1. The summed E-state index contributed by atoms with van der Waals surface area (Å²) in [6, 6.07) is 19.6. The van der Waals surface area contributed by atoms with Crippen molar-refractivity contribution in [2.75, 3.05) is 5.32 Å². The van der Waals surface area contributed by atoms with E-state index in [2.05, 4.69) is 10.6 Å². The van der Waals surface area contributed by atoms with E-state index in [0.29, 0.717) is 16.9 Å². The van der Waals surface area contributed by atoms with Gasteiger partial charge >= 0.3 is 0 Å². The molecule has 0 saturated carbocycles. The fraction of sp³-hybridized carbons (Fsp3) is 0.136. The van der Waals surface area contributed by atoms with Crippen LogP contribution >= 0.6 is 0 Å². The molecule has 0 aliphatic carbocycles. The molecule has 2 N–H and O–H groups in total. The molecule has 0 radical (unpaired) electrons. The van der Waals surface area contributed by atoms with Crippen molar-refractivity contribution in [3.05, 3.63) is 94.8 Å². The molecule has 3 aromatic carbocycles. The molecule has 136 valence electrons. The third kappa shape index (κ3) is 3.49. The first kappa shape index (κ1) is 17.1. The summed E-state index contributed by atoms with van der Waals surface area (Å²) in [5.41, 5.74) is 3.95. The molecular formula is C22H19FN2O2. The van der Waals surface area contributed by atoms with Gasteiger partial charge in [0.1, 0.15) is 24.3 Å². The van der Waals surface area contributed by atoms with Crippen LogP contribution in [0, 0.1) is 12.7 Å². The van der Waals surface area contributed by atoms with Crippen LogP contribution in [0.15, 0.2) is 66.7 Å². The summed E-state index contributed by atoms with van der Waals surface area (Å²) < 4.78 is 19.3. The van der Waals surface area contributed by atoms with Crippen molar-refractivity contribution in [2.24, 2.45) is 0 Å². The van der Waals surface area contributed by atoms with Crippen LogP contribution in [0.3, 0.4) is 0 Å². The van der Waals surface area contributed by atoms with E-state index in [-0.39, 0.29) is 24.5 Å². The van der Waals surface area contributed by atoms with Gasteiger partial charge in [-0.1, -0.05) is 42.5 Å². The monoisotopic (exact) mass is 362 g/mol. The Morgan fingerprint density at radius 3 is 2.52 bits per heavy atom. The molecule has 4 nitrogen and oxygen atoms in total. The zero-order valence-electron chi connectivity index (χ0n) is 14.8. The molecule has 0 saturated heterocycles. The highest BCUT2D eigenvalue weighted by Crippen LogP contribution is 2.30. The van der Waals surface area contributed by atoms with Gasteiger partial charge in [-0.25, -0.2) is 4.39 Å². The number of amides is 1. The lowest BCUT2D eigenvalue weighted by atomic mass is 10.0. The highest BCUT2D eigenvalue weighted by molar-refractivity contribution is 6.02. The van der Waals surface area contributed by atoms with Crippen LogP contribution in [-0.2, 0) is 6.61 Å². The van der Waals surface area contributed by atoms with Gasteiger partial charge in [-0.2, -0.15) is 0 Å². The minimum atomic E-state index is -0.313. The summed E-state index contributed by atoms with van der Waals surface area (Å²) in [5.74, 6) is 0.260. The maximum Gasteiger partial charge on any atom is 0.255 e. The predicted molar refractivity (Wildman–Crippen MR) is 102 cm³/mol. The summed E-state index contributed by atoms with van der Waals surface area (Å²) in [6.45, 7) is 2.14. The molecular weight excluding hydrogens is 343 g/mol. The molecule has 0 aromatic heterocycles. The lowest BCUT2D eigenvalue weighted by Crippen LogP contribution is -2.38. The van der Waals surface area contributed by atoms with Gasteiger partial charge in [0.05, 0.1) is 11.3 Å². The fourth-order valence-electron chi connectivity index (χ4n) is 3.14. The summed E-state index contributed by atoms with van der Waals surface area (Å²) in [4.78, 5) is 12.4. The number of halogens is 1. The number of anilines is 1. The molecule has 27 heavy (non-hydrogen) atoms. The number of nitrogens with one attached hydrogen (secondary N) is 2. The maximum absolute atomic E-state index is 13.7. The van der Waals surface area contributed by atoms with Crippen LogP contribution in [0.5, 0.6) is 5.75 Å². The van der Waals surface area contributed by atoms with Crippen molar-refractivity contribution in [3.63, 3.8) is 0 Å². The van der Waals surface area contributed by atoms with Gasteiger partial charge in [0.25, 0.3) is 5.91 Å². The molecule has 1 amide bonds. The molecule has 1 aliphatic heterocycles. The maximum atomic E-state index is 13.7. The minimum absolute atomic E-state index is 0.0997. The number of fused-ring (bicyclic) bond motifs is 1. The van der Waals surface area contributed by atoms with E-state index in [9.17, 15) is 9.18 Å². The first-order chi connectivity index (χ1) is 13.1. The fourth-order valence-corrected chi connectivity index (χ4v) is 3.14. The largest absolute Gasteiger partial charge is 0.489 e. The van der Waals surface area contributed by atoms with Crippen LogP contribution in [-0.4, -0.2) is 5.91 Å². The van der Waals surface area contributed by atoms with Crippen LogP contribution < -0.4 is 15.4 Å². The normalized spacial score (nSPS) is 15.5. The van der Waals surface area contributed by atoms with Gasteiger partial charge in [-0.3, -0.25) is 4.79 Å². The predicted octanol–water partition coefficient (Wildman–Crippen LogP) is 4.57. The lowest BCUT2D eigenvalue weighted by molar-refractivity contribution is 0.0935.